The summed E-state index contributed by atoms with van der Waals surface area (Å²) in [4.78, 5) is 14.2. The van der Waals surface area contributed by atoms with E-state index in [0.717, 1.165) is 21.7 Å². The fourth-order valence-corrected chi connectivity index (χ4v) is 6.08. The molecule has 10 heteroatoms. The molecule has 1 aromatic rings. The number of thioether (sulfide) groups is 2. The Morgan fingerprint density at radius 1 is 1.28 bits per heavy atom. The summed E-state index contributed by atoms with van der Waals surface area (Å²) in [5.41, 5.74) is 0. The number of ether oxygens (including phenoxy) is 1. The van der Waals surface area contributed by atoms with Crippen LogP contribution < -0.4 is 5.32 Å². The highest BCUT2D eigenvalue weighted by molar-refractivity contribution is 8.23. The summed E-state index contributed by atoms with van der Waals surface area (Å²) in [6.45, 7) is 2.98. The smallest absolute Gasteiger partial charge is 0.236 e. The second kappa shape index (κ2) is 10.1. The van der Waals surface area contributed by atoms with Gasteiger partial charge in [-0.1, -0.05) is 66.3 Å². The van der Waals surface area contributed by atoms with Crippen molar-refractivity contribution in [3.8, 4) is 0 Å². The van der Waals surface area contributed by atoms with E-state index in [9.17, 15) is 4.79 Å². The summed E-state index contributed by atoms with van der Waals surface area (Å²) < 4.78 is 7.00. The normalized spacial score (nSPS) is 19.0. The predicted octanol–water partition coefficient (Wildman–Crippen LogP) is 3.25. The SMILES string of the molecule is O=C(CSC(=S)N1CCOCC1)Nc1nnc(SC2CCCCC2)s1. The summed E-state index contributed by atoms with van der Waals surface area (Å²) in [6, 6.07) is 0. The average molecular weight is 419 g/mol. The molecule has 25 heavy (non-hydrogen) atoms. The first-order chi connectivity index (χ1) is 12.2. The van der Waals surface area contributed by atoms with Crippen molar-refractivity contribution in [1.82, 2.24) is 15.1 Å². The maximum absolute atomic E-state index is 12.1. The van der Waals surface area contributed by atoms with Gasteiger partial charge >= 0.3 is 0 Å². The minimum absolute atomic E-state index is 0.0917. The van der Waals surface area contributed by atoms with Gasteiger partial charge < -0.3 is 9.64 Å². The summed E-state index contributed by atoms with van der Waals surface area (Å²) in [6.07, 6.45) is 6.46. The molecule has 0 atom stereocenters. The van der Waals surface area contributed by atoms with Gasteiger partial charge in [0.05, 0.1) is 19.0 Å². The maximum Gasteiger partial charge on any atom is 0.236 e. The van der Waals surface area contributed by atoms with E-state index in [4.69, 9.17) is 17.0 Å². The lowest BCUT2D eigenvalue weighted by Gasteiger charge is -2.28. The Hall–Kier alpha value is -0.420. The lowest BCUT2D eigenvalue weighted by molar-refractivity contribution is -0.113. The number of aromatic nitrogens is 2. The van der Waals surface area contributed by atoms with Crippen LogP contribution in [0.1, 0.15) is 32.1 Å². The molecule has 1 saturated heterocycles. The summed E-state index contributed by atoms with van der Waals surface area (Å²) >= 11 is 10.0. The predicted molar refractivity (Wildman–Crippen MR) is 109 cm³/mol. The van der Waals surface area contributed by atoms with Gasteiger partial charge in [-0.05, 0) is 12.8 Å². The van der Waals surface area contributed by atoms with E-state index >= 15 is 0 Å². The van der Waals surface area contributed by atoms with Crippen LogP contribution in [-0.2, 0) is 9.53 Å². The van der Waals surface area contributed by atoms with Crippen LogP contribution in [0.3, 0.4) is 0 Å². The Morgan fingerprint density at radius 2 is 2.04 bits per heavy atom. The minimum atomic E-state index is -0.0917. The first-order valence-electron chi connectivity index (χ1n) is 8.50. The number of rotatable bonds is 5. The number of anilines is 1. The molecule has 1 aliphatic heterocycles. The van der Waals surface area contributed by atoms with Gasteiger partial charge in [0.25, 0.3) is 0 Å². The van der Waals surface area contributed by atoms with Crippen LogP contribution in [0, 0.1) is 0 Å². The average Bonchev–Trinajstić information content (AvgIpc) is 3.08. The summed E-state index contributed by atoms with van der Waals surface area (Å²) in [7, 11) is 0. The molecule has 0 spiro atoms. The molecule has 0 radical (unpaired) electrons. The molecule has 1 saturated carbocycles. The fraction of sp³-hybridized carbons (Fsp3) is 0.733. The number of nitrogens with one attached hydrogen (secondary N) is 1. The summed E-state index contributed by atoms with van der Waals surface area (Å²) in [5, 5.41) is 12.3. The zero-order valence-electron chi connectivity index (χ0n) is 13.9. The van der Waals surface area contributed by atoms with Gasteiger partial charge in [0.15, 0.2) is 4.34 Å². The number of hydrogen-bond acceptors (Lipinski definition) is 8. The maximum atomic E-state index is 12.1. The van der Waals surface area contributed by atoms with Crippen molar-refractivity contribution in [3.63, 3.8) is 0 Å². The van der Waals surface area contributed by atoms with Crippen molar-refractivity contribution >= 4 is 62.4 Å². The quantitative estimate of drug-likeness (QED) is 0.577. The van der Waals surface area contributed by atoms with E-state index in [1.807, 2.05) is 0 Å². The number of amides is 1. The van der Waals surface area contributed by atoms with Crippen LogP contribution in [0.25, 0.3) is 0 Å². The topological polar surface area (TPSA) is 67.3 Å². The Balaban J connectivity index is 1.39. The van der Waals surface area contributed by atoms with Crippen LogP contribution in [0.5, 0.6) is 0 Å². The molecule has 138 valence electrons. The van der Waals surface area contributed by atoms with E-state index < -0.39 is 0 Å². The van der Waals surface area contributed by atoms with Crippen molar-refractivity contribution in [2.45, 2.75) is 41.7 Å². The van der Waals surface area contributed by atoms with Gasteiger partial charge in [-0.25, -0.2) is 0 Å². The van der Waals surface area contributed by atoms with Gasteiger partial charge in [-0.3, -0.25) is 10.1 Å². The molecule has 3 rings (SSSR count). The lowest BCUT2D eigenvalue weighted by Crippen LogP contribution is -2.39. The van der Waals surface area contributed by atoms with Crippen molar-refractivity contribution in [2.75, 3.05) is 37.4 Å². The third-order valence-electron chi connectivity index (χ3n) is 4.07. The molecular weight excluding hydrogens is 396 g/mol. The van der Waals surface area contributed by atoms with Gasteiger partial charge in [0, 0.05) is 18.3 Å². The highest BCUT2D eigenvalue weighted by atomic mass is 32.2. The van der Waals surface area contributed by atoms with E-state index in [0.29, 0.717) is 29.3 Å². The molecule has 1 N–H and O–H groups in total. The van der Waals surface area contributed by atoms with E-state index in [1.165, 1.54) is 55.2 Å². The van der Waals surface area contributed by atoms with Gasteiger partial charge in [-0.2, -0.15) is 0 Å². The van der Waals surface area contributed by atoms with Crippen LogP contribution >= 0.6 is 47.1 Å². The Kier molecular flexibility index (Phi) is 7.78. The fourth-order valence-electron chi connectivity index (χ4n) is 2.75. The Labute approximate surface area is 165 Å². The number of carbonyl (C=O) groups is 1. The van der Waals surface area contributed by atoms with Crippen molar-refractivity contribution < 1.29 is 9.53 Å². The number of hydrogen-bond donors (Lipinski definition) is 1. The van der Waals surface area contributed by atoms with E-state index in [-0.39, 0.29) is 5.91 Å². The molecule has 1 amide bonds. The molecule has 1 aromatic heterocycles. The Bertz CT molecular complexity index is 586. The van der Waals surface area contributed by atoms with Gasteiger partial charge in [-0.15, -0.1) is 10.2 Å². The van der Waals surface area contributed by atoms with E-state index in [2.05, 4.69) is 20.4 Å². The molecule has 2 aliphatic rings. The van der Waals surface area contributed by atoms with Gasteiger partial charge in [0.2, 0.25) is 11.0 Å². The highest BCUT2D eigenvalue weighted by Crippen LogP contribution is 2.35. The van der Waals surface area contributed by atoms with Crippen LogP contribution in [0.15, 0.2) is 4.34 Å². The first kappa shape index (κ1) is 19.3. The molecule has 0 aromatic carbocycles. The van der Waals surface area contributed by atoms with Crippen molar-refractivity contribution in [3.05, 3.63) is 0 Å². The number of morpholine rings is 1. The number of nitrogens with zero attached hydrogens (tertiary/aromatic N) is 3. The van der Waals surface area contributed by atoms with Crippen LogP contribution in [0.4, 0.5) is 5.13 Å². The second-order valence-electron chi connectivity index (χ2n) is 5.95. The largest absolute Gasteiger partial charge is 0.378 e. The Morgan fingerprint density at radius 3 is 2.80 bits per heavy atom. The van der Waals surface area contributed by atoms with Crippen LogP contribution in [0.2, 0.25) is 0 Å². The molecule has 0 bridgehead atoms. The minimum Gasteiger partial charge on any atom is -0.378 e. The standard InChI is InChI=1S/C15H22N4O2S4/c20-12(10-23-15(22)19-6-8-21-9-7-19)16-13-17-18-14(25-13)24-11-4-2-1-3-5-11/h11H,1-10H2,(H,16,17,20). The monoisotopic (exact) mass is 418 g/mol. The third kappa shape index (κ3) is 6.35. The molecular formula is C15H22N4O2S4. The summed E-state index contributed by atoms with van der Waals surface area (Å²) in [5.74, 6) is 0.201. The first-order valence-corrected chi connectivity index (χ1v) is 11.6. The van der Waals surface area contributed by atoms with Gasteiger partial charge in [0.1, 0.15) is 4.32 Å². The zero-order valence-corrected chi connectivity index (χ0v) is 17.2. The molecule has 1 aliphatic carbocycles. The third-order valence-corrected chi connectivity index (χ3v) is 7.85. The second-order valence-corrected chi connectivity index (χ2v) is 10.1. The van der Waals surface area contributed by atoms with E-state index in [1.54, 1.807) is 11.8 Å². The van der Waals surface area contributed by atoms with Crippen LogP contribution in [-0.4, -0.2) is 62.6 Å². The molecule has 2 heterocycles. The lowest BCUT2D eigenvalue weighted by atomic mass is 10.0. The van der Waals surface area contributed by atoms with Crippen molar-refractivity contribution in [2.24, 2.45) is 0 Å². The molecule has 0 unspecified atom stereocenters. The number of thiocarbonyl (C=S) groups is 1. The zero-order chi connectivity index (χ0) is 17.5. The number of carbonyl (C=O) groups excluding carboxylic acids is 1. The van der Waals surface area contributed by atoms with Crippen molar-refractivity contribution in [1.29, 1.82) is 0 Å². The molecule has 2 fully saturated rings. The molecule has 6 nitrogen and oxygen atoms in total. The highest BCUT2D eigenvalue weighted by Gasteiger charge is 2.18.